The van der Waals surface area contributed by atoms with Crippen molar-refractivity contribution in [2.24, 2.45) is 0 Å². The molecular weight excluding hydrogens is 292 g/mol. The van der Waals surface area contributed by atoms with E-state index in [1.165, 1.54) is 56.2 Å². The van der Waals surface area contributed by atoms with Crippen LogP contribution in [0.15, 0.2) is 46.5 Å². The molecule has 0 unspecified atom stereocenters. The average Bonchev–Trinajstić information content (AvgIpc) is 3.21. The predicted octanol–water partition coefficient (Wildman–Crippen LogP) is 7.65. The Morgan fingerprint density at radius 2 is 1.57 bits per heavy atom. The number of hydrogen-bond donors (Lipinski definition) is 0. The van der Waals surface area contributed by atoms with E-state index in [0.717, 1.165) is 0 Å². The van der Waals surface area contributed by atoms with Crippen LogP contribution in [0.1, 0.15) is 63.2 Å². The lowest BCUT2D eigenvalue weighted by molar-refractivity contribution is 0.592. The van der Waals surface area contributed by atoms with E-state index in [1.807, 2.05) is 34.2 Å². The molecule has 0 nitrogen and oxygen atoms in total. The van der Waals surface area contributed by atoms with Gasteiger partial charge in [-0.15, -0.1) is 11.3 Å². The summed E-state index contributed by atoms with van der Waals surface area (Å²) in [5.41, 5.74) is 0. The first-order chi connectivity index (χ1) is 10.4. The molecule has 0 atom stereocenters. The number of unbranched alkanes of at least 4 members (excludes halogenated alkanes) is 7. The minimum absolute atomic E-state index is 1.24. The van der Waals surface area contributed by atoms with E-state index >= 15 is 0 Å². The van der Waals surface area contributed by atoms with Gasteiger partial charge in [-0.05, 0) is 41.1 Å². The molecule has 0 bridgehead atoms. The van der Waals surface area contributed by atoms with Gasteiger partial charge in [0.25, 0.3) is 0 Å². The molecule has 116 valence electrons. The van der Waals surface area contributed by atoms with Gasteiger partial charge in [0.05, 0.1) is 0 Å². The van der Waals surface area contributed by atoms with Crippen LogP contribution < -0.4 is 0 Å². The first kappa shape index (κ1) is 18.2. The SMILES string of the molecule is CCCCCCCCCC=Cc1cccs1.c1ccsc1. The molecule has 0 aromatic carbocycles. The van der Waals surface area contributed by atoms with Gasteiger partial charge in [-0.2, -0.15) is 11.3 Å². The third-order valence-corrected chi connectivity index (χ3v) is 4.69. The summed E-state index contributed by atoms with van der Waals surface area (Å²) in [7, 11) is 0. The fourth-order valence-electron chi connectivity index (χ4n) is 2.03. The first-order valence-corrected chi connectivity index (χ1v) is 9.93. The molecule has 2 aromatic rings. The van der Waals surface area contributed by atoms with Gasteiger partial charge in [0.2, 0.25) is 0 Å². The van der Waals surface area contributed by atoms with E-state index in [9.17, 15) is 0 Å². The summed E-state index contributed by atoms with van der Waals surface area (Å²) in [4.78, 5) is 1.38. The molecule has 0 aliphatic heterocycles. The van der Waals surface area contributed by atoms with Crippen LogP contribution in [0.5, 0.6) is 0 Å². The van der Waals surface area contributed by atoms with Crippen LogP contribution in [0.4, 0.5) is 0 Å². The molecule has 0 N–H and O–H groups in total. The summed E-state index contributed by atoms with van der Waals surface area (Å²) in [6.07, 6.45) is 15.6. The van der Waals surface area contributed by atoms with Crippen molar-refractivity contribution in [2.75, 3.05) is 0 Å². The standard InChI is InChI=1S/C15H24S.C4H4S/c1-2-3-4-5-6-7-8-9-10-12-15-13-11-14-16-15;1-2-4-5-3-1/h10-14H,2-9H2,1H3;1-4H. The lowest BCUT2D eigenvalue weighted by Crippen LogP contribution is -1.78. The highest BCUT2D eigenvalue weighted by atomic mass is 32.1. The minimum Gasteiger partial charge on any atom is -0.152 e. The van der Waals surface area contributed by atoms with Crippen LogP contribution in [-0.2, 0) is 0 Å². The fraction of sp³-hybridized carbons (Fsp3) is 0.474. The molecular formula is C19H28S2. The minimum atomic E-state index is 1.24. The monoisotopic (exact) mass is 320 g/mol. The molecule has 0 aliphatic carbocycles. The summed E-state index contributed by atoms with van der Waals surface area (Å²) < 4.78 is 0. The summed E-state index contributed by atoms with van der Waals surface area (Å²) in [5, 5.41) is 6.22. The lowest BCUT2D eigenvalue weighted by Gasteiger charge is -1.98. The molecule has 0 saturated carbocycles. The molecule has 0 saturated heterocycles. The molecule has 0 fully saturated rings. The lowest BCUT2D eigenvalue weighted by atomic mass is 10.1. The Balaban J connectivity index is 0.000000369. The second-order valence-electron chi connectivity index (χ2n) is 5.12. The van der Waals surface area contributed by atoms with Crippen molar-refractivity contribution in [3.63, 3.8) is 0 Å². The summed E-state index contributed by atoms with van der Waals surface area (Å²) in [5.74, 6) is 0. The third-order valence-electron chi connectivity index (χ3n) is 3.23. The Morgan fingerprint density at radius 1 is 0.857 bits per heavy atom. The van der Waals surface area contributed by atoms with Crippen molar-refractivity contribution in [3.05, 3.63) is 51.4 Å². The molecule has 0 radical (unpaired) electrons. The Kier molecular flexibility index (Phi) is 12.2. The second-order valence-corrected chi connectivity index (χ2v) is 6.92. The number of hydrogen-bond acceptors (Lipinski definition) is 2. The van der Waals surface area contributed by atoms with Crippen molar-refractivity contribution >= 4 is 28.7 Å². The van der Waals surface area contributed by atoms with Crippen LogP contribution in [0.3, 0.4) is 0 Å². The largest absolute Gasteiger partial charge is 0.152 e. The Labute approximate surface area is 138 Å². The average molecular weight is 321 g/mol. The van der Waals surface area contributed by atoms with Crippen LogP contribution >= 0.6 is 22.7 Å². The van der Waals surface area contributed by atoms with E-state index in [1.54, 1.807) is 11.3 Å². The third kappa shape index (κ3) is 11.5. The first-order valence-electron chi connectivity index (χ1n) is 8.10. The van der Waals surface area contributed by atoms with Gasteiger partial charge in [0.1, 0.15) is 0 Å². The van der Waals surface area contributed by atoms with Gasteiger partial charge in [0, 0.05) is 4.88 Å². The highest BCUT2D eigenvalue weighted by Gasteiger charge is 1.89. The number of allylic oxidation sites excluding steroid dienone is 1. The van der Waals surface area contributed by atoms with Gasteiger partial charge in [-0.1, -0.05) is 69.7 Å². The van der Waals surface area contributed by atoms with Crippen LogP contribution in [-0.4, -0.2) is 0 Å². The maximum Gasteiger partial charge on any atom is 0.0267 e. The van der Waals surface area contributed by atoms with Gasteiger partial charge in [-0.3, -0.25) is 0 Å². The van der Waals surface area contributed by atoms with E-state index in [0.29, 0.717) is 0 Å². The fourth-order valence-corrected chi connectivity index (χ4v) is 3.13. The zero-order chi connectivity index (χ0) is 15.0. The second kappa shape index (κ2) is 14.1. The topological polar surface area (TPSA) is 0 Å². The highest BCUT2D eigenvalue weighted by Crippen LogP contribution is 2.12. The Bertz CT molecular complexity index is 395. The van der Waals surface area contributed by atoms with Crippen molar-refractivity contribution < 1.29 is 0 Å². The van der Waals surface area contributed by atoms with Crippen LogP contribution in [0.2, 0.25) is 0 Å². The molecule has 2 aromatic heterocycles. The quantitative estimate of drug-likeness (QED) is 0.416. The zero-order valence-electron chi connectivity index (χ0n) is 13.2. The van der Waals surface area contributed by atoms with E-state index in [-0.39, 0.29) is 0 Å². The van der Waals surface area contributed by atoms with Gasteiger partial charge < -0.3 is 0 Å². The van der Waals surface area contributed by atoms with Crippen molar-refractivity contribution in [1.29, 1.82) is 0 Å². The van der Waals surface area contributed by atoms with Gasteiger partial charge in [0.15, 0.2) is 0 Å². The maximum absolute atomic E-state index is 2.32. The summed E-state index contributed by atoms with van der Waals surface area (Å²) in [6.45, 7) is 2.27. The van der Waals surface area contributed by atoms with Crippen LogP contribution in [0, 0.1) is 0 Å². The molecule has 2 heterocycles. The molecule has 0 aliphatic rings. The highest BCUT2D eigenvalue weighted by molar-refractivity contribution is 7.10. The smallest absolute Gasteiger partial charge is 0.0267 e. The van der Waals surface area contributed by atoms with Crippen LogP contribution in [0.25, 0.3) is 6.08 Å². The molecule has 0 amide bonds. The molecule has 21 heavy (non-hydrogen) atoms. The normalized spacial score (nSPS) is 10.5. The predicted molar refractivity (Wildman–Crippen MR) is 100 cm³/mol. The van der Waals surface area contributed by atoms with Gasteiger partial charge >= 0.3 is 0 Å². The summed E-state index contributed by atoms with van der Waals surface area (Å²) >= 11 is 3.53. The summed E-state index contributed by atoms with van der Waals surface area (Å²) in [6, 6.07) is 8.32. The molecule has 0 spiro atoms. The zero-order valence-corrected chi connectivity index (χ0v) is 14.8. The van der Waals surface area contributed by atoms with Crippen molar-refractivity contribution in [1.82, 2.24) is 0 Å². The van der Waals surface area contributed by atoms with Crippen molar-refractivity contribution in [2.45, 2.75) is 58.3 Å². The number of rotatable bonds is 9. The van der Waals surface area contributed by atoms with Gasteiger partial charge in [-0.25, -0.2) is 0 Å². The van der Waals surface area contributed by atoms with Crippen molar-refractivity contribution in [3.8, 4) is 0 Å². The van der Waals surface area contributed by atoms with E-state index in [4.69, 9.17) is 0 Å². The maximum atomic E-state index is 2.32. The van der Waals surface area contributed by atoms with E-state index in [2.05, 4.69) is 36.6 Å². The van der Waals surface area contributed by atoms with E-state index < -0.39 is 0 Å². The Hall–Kier alpha value is -0.860. The molecule has 2 heteroatoms. The number of thiophene rings is 2. The molecule has 2 rings (SSSR count). The Morgan fingerprint density at radius 3 is 2.14 bits per heavy atom.